The summed E-state index contributed by atoms with van der Waals surface area (Å²) in [5.74, 6) is 0.850. The van der Waals surface area contributed by atoms with Crippen LogP contribution in [0.2, 0.25) is 0 Å². The van der Waals surface area contributed by atoms with Crippen LogP contribution in [-0.2, 0) is 6.54 Å². The molecule has 3 heterocycles. The third-order valence-corrected chi connectivity index (χ3v) is 5.05. The third-order valence-electron chi connectivity index (χ3n) is 5.05. The lowest BCUT2D eigenvalue weighted by molar-refractivity contribution is 0.246. The van der Waals surface area contributed by atoms with Crippen molar-refractivity contribution in [2.45, 2.75) is 6.54 Å². The number of hydrogen-bond donors (Lipinski definition) is 1. The van der Waals surface area contributed by atoms with E-state index in [1.54, 1.807) is 7.11 Å². The number of H-pyrrole nitrogens is 1. The number of aromatic nitrogens is 2. The first-order valence-electron chi connectivity index (χ1n) is 8.96. The number of furan rings is 1. The van der Waals surface area contributed by atoms with Gasteiger partial charge in [0.15, 0.2) is 0 Å². The van der Waals surface area contributed by atoms with Crippen LogP contribution < -0.4 is 20.9 Å². The maximum Gasteiger partial charge on any atom is 0.328 e. The lowest BCUT2D eigenvalue weighted by atomic mass is 10.2. The molecule has 0 aliphatic carbocycles. The number of methoxy groups -OCH3 is 1. The summed E-state index contributed by atoms with van der Waals surface area (Å²) >= 11 is 0. The predicted molar refractivity (Wildman–Crippen MR) is 103 cm³/mol. The number of hydrogen-bond acceptors (Lipinski definition) is 6. The Kier molecular flexibility index (Phi) is 4.72. The summed E-state index contributed by atoms with van der Waals surface area (Å²) in [5, 5.41) is 0.400. The molecule has 1 aromatic carbocycles. The van der Waals surface area contributed by atoms with E-state index in [0.717, 1.165) is 37.6 Å². The minimum Gasteiger partial charge on any atom is -0.497 e. The summed E-state index contributed by atoms with van der Waals surface area (Å²) in [6, 6.07) is 8.05. The van der Waals surface area contributed by atoms with Crippen LogP contribution in [0.15, 0.2) is 50.8 Å². The van der Waals surface area contributed by atoms with Crippen molar-refractivity contribution in [2.75, 3.05) is 44.7 Å². The number of ether oxygens (including phenoxy) is 1. The molecular weight excluding hydrogens is 348 g/mol. The number of nitrogens with one attached hydrogen (secondary N) is 1. The fraction of sp³-hybridized carbons (Fsp3) is 0.368. The quantitative estimate of drug-likeness (QED) is 0.725. The highest BCUT2D eigenvalue weighted by Gasteiger charge is 2.18. The molecule has 0 amide bonds. The van der Waals surface area contributed by atoms with Gasteiger partial charge in [0.05, 0.1) is 12.6 Å². The van der Waals surface area contributed by atoms with Crippen LogP contribution in [0.25, 0.3) is 10.9 Å². The summed E-state index contributed by atoms with van der Waals surface area (Å²) < 4.78 is 11.5. The molecule has 0 atom stereocenters. The summed E-state index contributed by atoms with van der Waals surface area (Å²) in [7, 11) is 1.67. The molecule has 1 aliphatic heterocycles. The molecule has 0 bridgehead atoms. The van der Waals surface area contributed by atoms with Gasteiger partial charge in [-0.25, -0.2) is 4.79 Å². The number of piperazine rings is 1. The van der Waals surface area contributed by atoms with Gasteiger partial charge in [0.2, 0.25) is 0 Å². The van der Waals surface area contributed by atoms with E-state index in [2.05, 4.69) is 20.9 Å². The number of fused-ring (bicyclic) bond motifs is 1. The minimum absolute atomic E-state index is 0.308. The van der Waals surface area contributed by atoms with E-state index in [1.807, 2.05) is 18.2 Å². The Hall–Kier alpha value is -3.00. The van der Waals surface area contributed by atoms with Crippen LogP contribution >= 0.6 is 0 Å². The van der Waals surface area contributed by atoms with Crippen molar-refractivity contribution in [1.82, 2.24) is 14.5 Å². The Balaban J connectivity index is 1.39. The Morgan fingerprint density at radius 2 is 1.93 bits per heavy atom. The average molecular weight is 370 g/mol. The van der Waals surface area contributed by atoms with E-state index in [-0.39, 0.29) is 5.56 Å². The summed E-state index contributed by atoms with van der Waals surface area (Å²) in [4.78, 5) is 31.8. The van der Waals surface area contributed by atoms with Crippen LogP contribution in [0.5, 0.6) is 5.75 Å². The Bertz CT molecular complexity index is 1040. The van der Waals surface area contributed by atoms with Gasteiger partial charge in [0, 0.05) is 51.0 Å². The number of rotatable bonds is 5. The van der Waals surface area contributed by atoms with Crippen molar-refractivity contribution in [1.29, 1.82) is 0 Å². The Morgan fingerprint density at radius 1 is 1.11 bits per heavy atom. The topological polar surface area (TPSA) is 83.7 Å². The summed E-state index contributed by atoms with van der Waals surface area (Å²) in [6.45, 7) is 4.53. The zero-order chi connectivity index (χ0) is 18.8. The smallest absolute Gasteiger partial charge is 0.328 e. The monoisotopic (exact) mass is 370 g/mol. The summed E-state index contributed by atoms with van der Waals surface area (Å²) in [6.07, 6.45) is 2.75. The molecule has 27 heavy (non-hydrogen) atoms. The Labute approximate surface area is 155 Å². The molecule has 0 saturated carbocycles. The lowest BCUT2D eigenvalue weighted by Crippen LogP contribution is -2.48. The maximum atomic E-state index is 12.4. The van der Waals surface area contributed by atoms with Gasteiger partial charge in [-0.2, -0.15) is 0 Å². The number of nitrogens with zero attached hydrogens (tertiary/aromatic N) is 3. The highest BCUT2D eigenvalue weighted by atomic mass is 16.5. The molecule has 8 heteroatoms. The zero-order valence-electron chi connectivity index (χ0n) is 15.2. The first-order valence-corrected chi connectivity index (χ1v) is 8.96. The second-order valence-electron chi connectivity index (χ2n) is 6.62. The molecular formula is C19H22N4O4. The van der Waals surface area contributed by atoms with Gasteiger partial charge in [-0.3, -0.25) is 14.3 Å². The fourth-order valence-electron chi connectivity index (χ4n) is 3.46. The van der Waals surface area contributed by atoms with E-state index < -0.39 is 5.69 Å². The SMILES string of the molecule is COc1cccc(N2CCN(CCn3c(=O)[nH]c4cocc4c3=O)CC2)c1. The molecule has 0 unspecified atom stereocenters. The molecule has 2 aromatic heterocycles. The first-order chi connectivity index (χ1) is 13.2. The van der Waals surface area contributed by atoms with Crippen LogP contribution in [0.1, 0.15) is 0 Å². The van der Waals surface area contributed by atoms with E-state index in [9.17, 15) is 9.59 Å². The third kappa shape index (κ3) is 3.48. The molecule has 1 N–H and O–H groups in total. The van der Waals surface area contributed by atoms with E-state index in [0.29, 0.717) is 24.0 Å². The van der Waals surface area contributed by atoms with Crippen LogP contribution in [0, 0.1) is 0 Å². The molecule has 0 spiro atoms. The molecule has 142 valence electrons. The second kappa shape index (κ2) is 7.32. The van der Waals surface area contributed by atoms with Crippen LogP contribution in [0.4, 0.5) is 5.69 Å². The number of benzene rings is 1. The van der Waals surface area contributed by atoms with Gasteiger partial charge in [-0.15, -0.1) is 0 Å². The van der Waals surface area contributed by atoms with Crippen molar-refractivity contribution in [3.8, 4) is 5.75 Å². The van der Waals surface area contributed by atoms with Gasteiger partial charge in [-0.1, -0.05) is 6.07 Å². The van der Waals surface area contributed by atoms with Crippen LogP contribution in [0.3, 0.4) is 0 Å². The van der Waals surface area contributed by atoms with E-state index in [1.165, 1.54) is 17.1 Å². The number of anilines is 1. The molecule has 1 saturated heterocycles. The zero-order valence-corrected chi connectivity index (χ0v) is 15.2. The molecule has 1 fully saturated rings. The molecule has 3 aromatic rings. The minimum atomic E-state index is -0.399. The van der Waals surface area contributed by atoms with Gasteiger partial charge in [-0.05, 0) is 12.1 Å². The maximum absolute atomic E-state index is 12.4. The van der Waals surface area contributed by atoms with Crippen LogP contribution in [-0.4, -0.2) is 54.3 Å². The largest absolute Gasteiger partial charge is 0.497 e. The van der Waals surface area contributed by atoms with Crippen molar-refractivity contribution in [3.63, 3.8) is 0 Å². The molecule has 4 rings (SSSR count). The molecule has 1 aliphatic rings. The van der Waals surface area contributed by atoms with Gasteiger partial charge in [0.25, 0.3) is 5.56 Å². The predicted octanol–water partition coefficient (Wildman–Crippen LogP) is 1.11. The molecule has 8 nitrogen and oxygen atoms in total. The Morgan fingerprint density at radius 3 is 2.70 bits per heavy atom. The fourth-order valence-corrected chi connectivity index (χ4v) is 3.46. The van der Waals surface area contributed by atoms with Crippen molar-refractivity contribution in [2.24, 2.45) is 0 Å². The first kappa shape index (κ1) is 17.4. The standard InChI is InChI=1S/C19H22N4O4/c1-26-15-4-2-3-14(11-15)22-8-5-21(6-9-22)7-10-23-18(24)16-12-27-13-17(16)20-19(23)25/h2-4,11-13H,5-10H2,1H3,(H,20,25). The van der Waals surface area contributed by atoms with Gasteiger partial charge >= 0.3 is 5.69 Å². The van der Waals surface area contributed by atoms with Gasteiger partial charge < -0.3 is 19.0 Å². The highest BCUT2D eigenvalue weighted by Crippen LogP contribution is 2.22. The average Bonchev–Trinajstić information content (AvgIpc) is 3.17. The van der Waals surface area contributed by atoms with E-state index >= 15 is 0 Å². The second-order valence-corrected chi connectivity index (χ2v) is 6.62. The highest BCUT2D eigenvalue weighted by molar-refractivity contribution is 5.75. The van der Waals surface area contributed by atoms with E-state index in [4.69, 9.17) is 9.15 Å². The van der Waals surface area contributed by atoms with Crippen molar-refractivity contribution in [3.05, 3.63) is 57.6 Å². The van der Waals surface area contributed by atoms with Crippen molar-refractivity contribution < 1.29 is 9.15 Å². The lowest BCUT2D eigenvalue weighted by Gasteiger charge is -2.36. The molecule has 0 radical (unpaired) electrons. The number of aromatic amines is 1. The van der Waals surface area contributed by atoms with Crippen molar-refractivity contribution >= 4 is 16.6 Å². The van der Waals surface area contributed by atoms with Gasteiger partial charge in [0.1, 0.15) is 23.7 Å². The normalized spacial score (nSPS) is 15.4. The summed E-state index contributed by atoms with van der Waals surface area (Å²) in [5.41, 5.74) is 0.877.